The van der Waals surface area contributed by atoms with E-state index in [1.54, 1.807) is 0 Å². The lowest BCUT2D eigenvalue weighted by atomic mass is 9.87. The molecule has 0 aliphatic carbocycles. The molecule has 4 heteroatoms. The first-order valence-electron chi connectivity index (χ1n) is 8.17. The van der Waals surface area contributed by atoms with Crippen LogP contribution in [0.25, 0.3) is 0 Å². The maximum absolute atomic E-state index is 5.38. The summed E-state index contributed by atoms with van der Waals surface area (Å²) in [6.07, 6.45) is 0. The molecule has 0 aliphatic rings. The fraction of sp³-hybridized carbons (Fsp3) is 0.350. The van der Waals surface area contributed by atoms with Crippen LogP contribution in [0, 0.1) is 0 Å². The van der Waals surface area contributed by atoms with E-state index in [2.05, 4.69) is 84.8 Å². The summed E-state index contributed by atoms with van der Waals surface area (Å²) in [6, 6.07) is 16.9. The Kier molecular flexibility index (Phi) is 5.84. The van der Waals surface area contributed by atoms with Crippen LogP contribution in [0.4, 0.5) is 11.4 Å². The Morgan fingerprint density at radius 2 is 1.54 bits per heavy atom. The van der Waals surface area contributed by atoms with Crippen molar-refractivity contribution in [1.82, 2.24) is 5.32 Å². The van der Waals surface area contributed by atoms with Crippen molar-refractivity contribution in [2.45, 2.75) is 32.7 Å². The summed E-state index contributed by atoms with van der Waals surface area (Å²) in [5, 5.41) is 7.11. The van der Waals surface area contributed by atoms with Gasteiger partial charge < -0.3 is 15.5 Å². The van der Waals surface area contributed by atoms with Gasteiger partial charge in [-0.25, -0.2) is 0 Å². The number of rotatable bonds is 4. The molecule has 128 valence electrons. The van der Waals surface area contributed by atoms with Crippen LogP contribution in [0.3, 0.4) is 0 Å². The Bertz CT molecular complexity index is 668. The van der Waals surface area contributed by atoms with Crippen LogP contribution in [0.15, 0.2) is 48.5 Å². The van der Waals surface area contributed by atoms with Gasteiger partial charge in [0, 0.05) is 32.0 Å². The van der Waals surface area contributed by atoms with Gasteiger partial charge in [-0.2, -0.15) is 0 Å². The molecule has 0 heterocycles. The molecule has 0 atom stereocenters. The summed E-state index contributed by atoms with van der Waals surface area (Å²) in [6.45, 7) is 7.34. The lowest BCUT2D eigenvalue weighted by Crippen LogP contribution is -2.27. The fourth-order valence-electron chi connectivity index (χ4n) is 2.32. The number of nitrogens with zero attached hydrogens (tertiary/aromatic N) is 1. The summed E-state index contributed by atoms with van der Waals surface area (Å²) >= 11 is 5.38. The van der Waals surface area contributed by atoms with Crippen LogP contribution in [-0.2, 0) is 12.0 Å². The van der Waals surface area contributed by atoms with E-state index in [0.29, 0.717) is 11.7 Å². The zero-order valence-electron chi connectivity index (χ0n) is 15.2. The topological polar surface area (TPSA) is 27.3 Å². The molecule has 0 fully saturated rings. The average molecular weight is 342 g/mol. The molecule has 0 bridgehead atoms. The molecule has 0 radical (unpaired) electrons. The van der Waals surface area contributed by atoms with Gasteiger partial charge in [-0.15, -0.1) is 0 Å². The third-order valence-corrected chi connectivity index (χ3v) is 4.16. The Hall–Kier alpha value is -2.07. The first kappa shape index (κ1) is 18.3. The van der Waals surface area contributed by atoms with Crippen molar-refractivity contribution in [2.24, 2.45) is 0 Å². The van der Waals surface area contributed by atoms with Gasteiger partial charge >= 0.3 is 0 Å². The number of hydrogen-bond acceptors (Lipinski definition) is 2. The minimum Gasteiger partial charge on any atom is -0.378 e. The quantitative estimate of drug-likeness (QED) is 0.799. The van der Waals surface area contributed by atoms with Gasteiger partial charge in [-0.3, -0.25) is 0 Å². The van der Waals surface area contributed by atoms with Crippen molar-refractivity contribution in [3.8, 4) is 0 Å². The van der Waals surface area contributed by atoms with Crippen molar-refractivity contribution < 1.29 is 0 Å². The number of nitrogens with one attached hydrogen (secondary N) is 2. The average Bonchev–Trinajstić information content (AvgIpc) is 2.53. The molecule has 2 aromatic rings. The molecule has 2 rings (SSSR count). The van der Waals surface area contributed by atoms with Crippen LogP contribution < -0.4 is 15.5 Å². The van der Waals surface area contributed by atoms with Crippen LogP contribution in [0.5, 0.6) is 0 Å². The molecule has 2 N–H and O–H groups in total. The van der Waals surface area contributed by atoms with E-state index in [4.69, 9.17) is 12.2 Å². The van der Waals surface area contributed by atoms with E-state index in [9.17, 15) is 0 Å². The summed E-state index contributed by atoms with van der Waals surface area (Å²) in [7, 11) is 4.08. The number of benzene rings is 2. The Balaban J connectivity index is 1.87. The molecule has 0 saturated heterocycles. The van der Waals surface area contributed by atoms with Gasteiger partial charge in [0.2, 0.25) is 0 Å². The second-order valence-electron chi connectivity index (χ2n) is 7.20. The highest BCUT2D eigenvalue weighted by Crippen LogP contribution is 2.23. The van der Waals surface area contributed by atoms with Crippen molar-refractivity contribution in [3.63, 3.8) is 0 Å². The third kappa shape index (κ3) is 5.24. The molecular formula is C20H27N3S. The number of anilines is 2. The maximum Gasteiger partial charge on any atom is 0.171 e. The van der Waals surface area contributed by atoms with Crippen LogP contribution in [0.1, 0.15) is 31.9 Å². The number of hydrogen-bond donors (Lipinski definition) is 2. The molecule has 0 spiro atoms. The SMILES string of the molecule is CN(C)c1ccc(CNC(=S)Nc2ccc(C(C)(C)C)cc2)cc1. The lowest BCUT2D eigenvalue weighted by molar-refractivity contribution is 0.590. The zero-order chi connectivity index (χ0) is 17.7. The first-order chi connectivity index (χ1) is 11.3. The highest BCUT2D eigenvalue weighted by molar-refractivity contribution is 7.80. The monoisotopic (exact) mass is 341 g/mol. The van der Waals surface area contributed by atoms with E-state index < -0.39 is 0 Å². The highest BCUT2D eigenvalue weighted by Gasteiger charge is 2.12. The summed E-state index contributed by atoms with van der Waals surface area (Å²) in [5.74, 6) is 0. The van der Waals surface area contributed by atoms with Crippen LogP contribution in [0.2, 0.25) is 0 Å². The first-order valence-corrected chi connectivity index (χ1v) is 8.58. The molecule has 3 nitrogen and oxygen atoms in total. The van der Waals surface area contributed by atoms with Crippen LogP contribution >= 0.6 is 12.2 Å². The minimum absolute atomic E-state index is 0.163. The predicted octanol–water partition coefficient (Wildman–Crippen LogP) is 4.54. The molecule has 2 aromatic carbocycles. The molecule has 24 heavy (non-hydrogen) atoms. The van der Waals surface area contributed by atoms with Gasteiger partial charge in [0.1, 0.15) is 0 Å². The molecule has 0 aromatic heterocycles. The van der Waals surface area contributed by atoms with Crippen molar-refractivity contribution in [2.75, 3.05) is 24.3 Å². The van der Waals surface area contributed by atoms with Crippen LogP contribution in [-0.4, -0.2) is 19.2 Å². The summed E-state index contributed by atoms with van der Waals surface area (Å²) in [5.41, 5.74) is 4.87. The molecule has 0 saturated carbocycles. The second-order valence-corrected chi connectivity index (χ2v) is 7.60. The summed E-state index contributed by atoms with van der Waals surface area (Å²) in [4.78, 5) is 2.09. The second kappa shape index (κ2) is 7.67. The molecule has 0 amide bonds. The van der Waals surface area contributed by atoms with Crippen molar-refractivity contribution >= 4 is 28.7 Å². The molecular weight excluding hydrogens is 314 g/mol. The van der Waals surface area contributed by atoms with Gasteiger partial charge in [-0.1, -0.05) is 45.0 Å². The van der Waals surface area contributed by atoms with Gasteiger partial charge in [-0.05, 0) is 53.0 Å². The molecule has 0 unspecified atom stereocenters. The van der Waals surface area contributed by atoms with Gasteiger partial charge in [0.25, 0.3) is 0 Å². The lowest BCUT2D eigenvalue weighted by Gasteiger charge is -2.19. The van der Waals surface area contributed by atoms with E-state index in [1.165, 1.54) is 16.8 Å². The highest BCUT2D eigenvalue weighted by atomic mass is 32.1. The summed E-state index contributed by atoms with van der Waals surface area (Å²) < 4.78 is 0. The fourth-order valence-corrected chi connectivity index (χ4v) is 2.51. The Morgan fingerprint density at radius 1 is 0.958 bits per heavy atom. The van der Waals surface area contributed by atoms with Crippen molar-refractivity contribution in [3.05, 3.63) is 59.7 Å². The standard InChI is InChI=1S/C20H27N3S/c1-20(2,3)16-8-10-17(11-9-16)22-19(24)21-14-15-6-12-18(13-7-15)23(4)5/h6-13H,14H2,1-5H3,(H2,21,22,24). The van der Waals surface area contributed by atoms with E-state index in [1.807, 2.05) is 14.1 Å². The van der Waals surface area contributed by atoms with Gasteiger partial charge in [0.15, 0.2) is 5.11 Å². The minimum atomic E-state index is 0.163. The van der Waals surface area contributed by atoms with E-state index in [-0.39, 0.29) is 5.41 Å². The predicted molar refractivity (Wildman–Crippen MR) is 109 cm³/mol. The Morgan fingerprint density at radius 3 is 2.04 bits per heavy atom. The normalized spacial score (nSPS) is 11.0. The zero-order valence-corrected chi connectivity index (χ0v) is 16.0. The smallest absolute Gasteiger partial charge is 0.171 e. The van der Waals surface area contributed by atoms with E-state index >= 15 is 0 Å². The largest absolute Gasteiger partial charge is 0.378 e. The van der Waals surface area contributed by atoms with E-state index in [0.717, 1.165) is 5.69 Å². The number of thiocarbonyl (C=S) groups is 1. The maximum atomic E-state index is 5.38. The Labute approximate surface area is 151 Å². The van der Waals surface area contributed by atoms with Crippen molar-refractivity contribution in [1.29, 1.82) is 0 Å². The van der Waals surface area contributed by atoms with Gasteiger partial charge in [0.05, 0.1) is 0 Å². The third-order valence-electron chi connectivity index (χ3n) is 3.91. The molecule has 0 aliphatic heterocycles.